The summed E-state index contributed by atoms with van der Waals surface area (Å²) < 4.78 is 12.7. The van der Waals surface area contributed by atoms with E-state index in [-0.39, 0.29) is 5.82 Å². The number of hydrogen-bond donors (Lipinski definition) is 0. The van der Waals surface area contributed by atoms with Crippen molar-refractivity contribution in [3.63, 3.8) is 0 Å². The van der Waals surface area contributed by atoms with E-state index in [4.69, 9.17) is 0 Å². The van der Waals surface area contributed by atoms with E-state index in [0.29, 0.717) is 0 Å². The van der Waals surface area contributed by atoms with Crippen LogP contribution < -0.4 is 4.90 Å². The zero-order valence-corrected chi connectivity index (χ0v) is 8.39. The van der Waals surface area contributed by atoms with E-state index in [2.05, 4.69) is 4.98 Å². The van der Waals surface area contributed by atoms with Crippen molar-refractivity contribution in [3.8, 4) is 0 Å². The lowest BCUT2D eigenvalue weighted by Gasteiger charge is -2.18. The van der Waals surface area contributed by atoms with E-state index in [1.807, 2.05) is 24.1 Å². The maximum absolute atomic E-state index is 12.7. The quantitative estimate of drug-likeness (QED) is 0.744. The lowest BCUT2D eigenvalue weighted by molar-refractivity contribution is 0.628. The Morgan fingerprint density at radius 1 is 0.933 bits per heavy atom. The Morgan fingerprint density at radius 3 is 2.07 bits per heavy atom. The zero-order chi connectivity index (χ0) is 10.7. The number of pyridine rings is 1. The molecule has 0 N–H and O–H groups in total. The molecule has 0 aliphatic rings. The molecule has 1 aromatic heterocycles. The number of rotatable bonds is 2. The highest BCUT2D eigenvalue weighted by Gasteiger charge is 2.02. The summed E-state index contributed by atoms with van der Waals surface area (Å²) in [5.74, 6) is -0.220. The Morgan fingerprint density at radius 2 is 1.47 bits per heavy atom. The number of anilines is 2. The van der Waals surface area contributed by atoms with Crippen molar-refractivity contribution in [2.45, 2.75) is 0 Å². The molecule has 2 rings (SSSR count). The molecule has 0 aliphatic carbocycles. The summed E-state index contributed by atoms with van der Waals surface area (Å²) in [6.07, 6.45) is 3.46. The van der Waals surface area contributed by atoms with Crippen LogP contribution in [0.4, 0.5) is 15.8 Å². The average molecular weight is 202 g/mol. The van der Waals surface area contributed by atoms with Crippen molar-refractivity contribution in [1.29, 1.82) is 0 Å². The summed E-state index contributed by atoms with van der Waals surface area (Å²) in [6.45, 7) is 0. The number of benzene rings is 1. The van der Waals surface area contributed by atoms with Crippen molar-refractivity contribution in [2.75, 3.05) is 11.9 Å². The van der Waals surface area contributed by atoms with Crippen LogP contribution in [0.15, 0.2) is 48.8 Å². The number of aromatic nitrogens is 1. The molecule has 0 saturated carbocycles. The highest BCUT2D eigenvalue weighted by atomic mass is 19.1. The van der Waals surface area contributed by atoms with Crippen molar-refractivity contribution in [2.24, 2.45) is 0 Å². The van der Waals surface area contributed by atoms with Crippen LogP contribution in [0, 0.1) is 5.82 Å². The maximum Gasteiger partial charge on any atom is 0.123 e. The Labute approximate surface area is 88.0 Å². The highest BCUT2D eigenvalue weighted by molar-refractivity contribution is 5.61. The van der Waals surface area contributed by atoms with Crippen LogP contribution in [0.2, 0.25) is 0 Å². The normalized spacial score (nSPS) is 10.0. The van der Waals surface area contributed by atoms with E-state index in [0.717, 1.165) is 11.4 Å². The third kappa shape index (κ3) is 2.13. The summed E-state index contributed by atoms with van der Waals surface area (Å²) in [5.41, 5.74) is 1.97. The standard InChI is InChI=1S/C12H11FN2/c1-15(12-6-8-14-9-7-12)11-4-2-10(13)3-5-11/h2-9H,1H3. The lowest BCUT2D eigenvalue weighted by atomic mass is 10.2. The molecule has 0 unspecified atom stereocenters. The van der Waals surface area contributed by atoms with Crippen molar-refractivity contribution in [1.82, 2.24) is 4.98 Å². The first kappa shape index (κ1) is 9.65. The second-order valence-corrected chi connectivity index (χ2v) is 3.24. The Bertz CT molecular complexity index is 425. The van der Waals surface area contributed by atoms with Gasteiger partial charge in [0, 0.05) is 30.8 Å². The van der Waals surface area contributed by atoms with E-state index < -0.39 is 0 Å². The predicted molar refractivity (Wildman–Crippen MR) is 58.7 cm³/mol. The summed E-state index contributed by atoms with van der Waals surface area (Å²) >= 11 is 0. The molecular weight excluding hydrogens is 191 g/mol. The minimum absolute atomic E-state index is 0.220. The molecule has 2 nitrogen and oxygen atoms in total. The molecule has 0 amide bonds. The van der Waals surface area contributed by atoms with Gasteiger partial charge < -0.3 is 4.90 Å². The van der Waals surface area contributed by atoms with Crippen LogP contribution in [0.1, 0.15) is 0 Å². The highest BCUT2D eigenvalue weighted by Crippen LogP contribution is 2.22. The fraction of sp³-hybridized carbons (Fsp3) is 0.0833. The van der Waals surface area contributed by atoms with Crippen LogP contribution in [0.5, 0.6) is 0 Å². The maximum atomic E-state index is 12.7. The van der Waals surface area contributed by atoms with E-state index in [9.17, 15) is 4.39 Å². The Balaban J connectivity index is 2.29. The summed E-state index contributed by atoms with van der Waals surface area (Å²) in [4.78, 5) is 5.92. The molecule has 15 heavy (non-hydrogen) atoms. The summed E-state index contributed by atoms with van der Waals surface area (Å²) in [6, 6.07) is 10.2. The Kier molecular flexibility index (Phi) is 2.63. The van der Waals surface area contributed by atoms with Gasteiger partial charge in [-0.05, 0) is 36.4 Å². The van der Waals surface area contributed by atoms with Gasteiger partial charge in [0.1, 0.15) is 5.82 Å². The molecular formula is C12H11FN2. The van der Waals surface area contributed by atoms with Crippen LogP contribution in [-0.2, 0) is 0 Å². The SMILES string of the molecule is CN(c1ccncc1)c1ccc(F)cc1. The van der Waals surface area contributed by atoms with Crippen LogP contribution in [-0.4, -0.2) is 12.0 Å². The van der Waals surface area contributed by atoms with E-state index >= 15 is 0 Å². The number of hydrogen-bond acceptors (Lipinski definition) is 2. The van der Waals surface area contributed by atoms with Gasteiger partial charge in [-0.1, -0.05) is 0 Å². The minimum Gasteiger partial charge on any atom is -0.345 e. The van der Waals surface area contributed by atoms with Crippen LogP contribution >= 0.6 is 0 Å². The molecule has 76 valence electrons. The third-order valence-corrected chi connectivity index (χ3v) is 2.26. The second kappa shape index (κ2) is 4.09. The van der Waals surface area contributed by atoms with E-state index in [1.165, 1.54) is 12.1 Å². The molecule has 1 aromatic carbocycles. The fourth-order valence-electron chi connectivity index (χ4n) is 1.38. The molecule has 3 heteroatoms. The van der Waals surface area contributed by atoms with Crippen molar-refractivity contribution < 1.29 is 4.39 Å². The number of nitrogens with zero attached hydrogens (tertiary/aromatic N) is 2. The fourth-order valence-corrected chi connectivity index (χ4v) is 1.38. The molecule has 0 atom stereocenters. The molecule has 2 aromatic rings. The van der Waals surface area contributed by atoms with Gasteiger partial charge >= 0.3 is 0 Å². The molecule has 0 fully saturated rings. The van der Waals surface area contributed by atoms with Gasteiger partial charge in [0.15, 0.2) is 0 Å². The van der Waals surface area contributed by atoms with Gasteiger partial charge in [-0.3, -0.25) is 4.98 Å². The van der Waals surface area contributed by atoms with Gasteiger partial charge in [-0.2, -0.15) is 0 Å². The number of halogens is 1. The monoisotopic (exact) mass is 202 g/mol. The summed E-state index contributed by atoms with van der Waals surface area (Å²) in [7, 11) is 1.93. The second-order valence-electron chi connectivity index (χ2n) is 3.24. The smallest absolute Gasteiger partial charge is 0.123 e. The van der Waals surface area contributed by atoms with Crippen LogP contribution in [0.25, 0.3) is 0 Å². The van der Waals surface area contributed by atoms with Gasteiger partial charge in [-0.25, -0.2) is 4.39 Å². The first-order valence-electron chi connectivity index (χ1n) is 4.67. The minimum atomic E-state index is -0.220. The average Bonchev–Trinajstić information content (AvgIpc) is 2.30. The van der Waals surface area contributed by atoms with Gasteiger partial charge in [0.2, 0.25) is 0 Å². The summed E-state index contributed by atoms with van der Waals surface area (Å²) in [5, 5.41) is 0. The molecule has 1 heterocycles. The third-order valence-electron chi connectivity index (χ3n) is 2.26. The lowest BCUT2D eigenvalue weighted by Crippen LogP contribution is -2.08. The predicted octanol–water partition coefficient (Wildman–Crippen LogP) is 2.99. The topological polar surface area (TPSA) is 16.1 Å². The largest absolute Gasteiger partial charge is 0.345 e. The molecule has 0 bridgehead atoms. The molecule has 0 radical (unpaired) electrons. The zero-order valence-electron chi connectivity index (χ0n) is 8.39. The van der Waals surface area contributed by atoms with Crippen molar-refractivity contribution >= 4 is 11.4 Å². The van der Waals surface area contributed by atoms with Gasteiger partial charge in [0.25, 0.3) is 0 Å². The first-order chi connectivity index (χ1) is 7.27. The van der Waals surface area contributed by atoms with Gasteiger partial charge in [-0.15, -0.1) is 0 Å². The molecule has 0 aliphatic heterocycles. The molecule has 0 spiro atoms. The van der Waals surface area contributed by atoms with Crippen molar-refractivity contribution in [3.05, 3.63) is 54.6 Å². The molecule has 0 saturated heterocycles. The van der Waals surface area contributed by atoms with Crippen LogP contribution in [0.3, 0.4) is 0 Å². The Hall–Kier alpha value is -1.90. The first-order valence-corrected chi connectivity index (χ1v) is 4.67. The van der Waals surface area contributed by atoms with Gasteiger partial charge in [0.05, 0.1) is 0 Å². The van der Waals surface area contributed by atoms with E-state index in [1.54, 1.807) is 24.5 Å².